The third-order valence-corrected chi connectivity index (χ3v) is 2.73. The van der Waals surface area contributed by atoms with Gasteiger partial charge in [-0.05, 0) is 12.1 Å². The number of aromatic amines is 1. The molecule has 0 saturated heterocycles. The number of carboxylic acid groups (broad SMARTS) is 1. The Morgan fingerprint density at radius 1 is 1.25 bits per heavy atom. The van der Waals surface area contributed by atoms with E-state index in [0.29, 0.717) is 5.39 Å². The molecule has 0 amide bonds. The molecule has 0 aliphatic heterocycles. The van der Waals surface area contributed by atoms with Gasteiger partial charge in [0.25, 0.3) is 5.56 Å². The van der Waals surface area contributed by atoms with E-state index >= 15 is 0 Å². The summed E-state index contributed by atoms with van der Waals surface area (Å²) in [5.41, 5.74) is -0.499. The number of aromatic carboxylic acids is 1. The molecule has 1 aromatic carbocycles. The minimum atomic E-state index is -1.20. The fourth-order valence-corrected chi connectivity index (χ4v) is 1.84. The van der Waals surface area contributed by atoms with Crippen LogP contribution in [0.15, 0.2) is 23.0 Å². The lowest BCUT2D eigenvalue weighted by Gasteiger charge is -2.04. The molecule has 1 heterocycles. The van der Waals surface area contributed by atoms with Crippen LogP contribution in [0.1, 0.15) is 10.4 Å². The first-order valence-electron chi connectivity index (χ1n) is 4.25. The zero-order chi connectivity index (χ0) is 11.9. The lowest BCUT2D eigenvalue weighted by atomic mass is 10.1. The zero-order valence-electron chi connectivity index (χ0n) is 7.75. The molecule has 0 aliphatic carbocycles. The highest BCUT2D eigenvalue weighted by molar-refractivity contribution is 6.35. The summed E-state index contributed by atoms with van der Waals surface area (Å²) in [6.45, 7) is 0. The lowest BCUT2D eigenvalue weighted by Crippen LogP contribution is -2.09. The number of rotatable bonds is 1. The fraction of sp³-hybridized carbons (Fsp3) is 0. The highest BCUT2D eigenvalue weighted by Gasteiger charge is 2.14. The quantitative estimate of drug-likeness (QED) is 0.825. The molecule has 82 valence electrons. The van der Waals surface area contributed by atoms with Crippen LogP contribution in [0.3, 0.4) is 0 Å². The molecule has 0 spiro atoms. The van der Waals surface area contributed by atoms with Gasteiger partial charge in [-0.25, -0.2) is 4.79 Å². The summed E-state index contributed by atoms with van der Waals surface area (Å²) in [5.74, 6) is -1.20. The molecule has 0 radical (unpaired) electrons. The largest absolute Gasteiger partial charge is 0.478 e. The van der Waals surface area contributed by atoms with E-state index in [-0.39, 0.29) is 21.1 Å². The highest BCUT2D eigenvalue weighted by Crippen LogP contribution is 2.24. The van der Waals surface area contributed by atoms with Gasteiger partial charge in [0.2, 0.25) is 0 Å². The van der Waals surface area contributed by atoms with Gasteiger partial charge in [-0.1, -0.05) is 29.3 Å². The summed E-state index contributed by atoms with van der Waals surface area (Å²) in [6.07, 6.45) is 0. The number of fused-ring (bicyclic) bond motifs is 1. The molecule has 2 aromatic rings. The lowest BCUT2D eigenvalue weighted by molar-refractivity contribution is 0.0699. The standard InChI is InChI=1S/C10H5Cl2NO3/c11-5-2-1-4-3-6(12)9(14)13-8(4)7(5)10(15)16/h1-3H,(H,13,14)(H,15,16). The van der Waals surface area contributed by atoms with E-state index in [9.17, 15) is 9.59 Å². The van der Waals surface area contributed by atoms with E-state index in [1.165, 1.54) is 12.1 Å². The van der Waals surface area contributed by atoms with Crippen LogP contribution in [0.5, 0.6) is 0 Å². The van der Waals surface area contributed by atoms with E-state index in [2.05, 4.69) is 4.98 Å². The SMILES string of the molecule is O=C(O)c1c(Cl)ccc2cc(Cl)c(=O)[nH]c12. The maximum Gasteiger partial charge on any atom is 0.339 e. The van der Waals surface area contributed by atoms with E-state index in [1.807, 2.05) is 0 Å². The van der Waals surface area contributed by atoms with Crippen molar-refractivity contribution in [2.75, 3.05) is 0 Å². The number of halogens is 2. The van der Waals surface area contributed by atoms with Crippen molar-refractivity contribution in [2.45, 2.75) is 0 Å². The maximum atomic E-state index is 11.3. The van der Waals surface area contributed by atoms with Crippen LogP contribution in [0.25, 0.3) is 10.9 Å². The van der Waals surface area contributed by atoms with Crippen LogP contribution < -0.4 is 5.56 Å². The number of carboxylic acids is 1. The molecule has 0 saturated carbocycles. The number of benzene rings is 1. The van der Waals surface area contributed by atoms with Crippen LogP contribution in [0, 0.1) is 0 Å². The summed E-state index contributed by atoms with van der Waals surface area (Å²) >= 11 is 11.4. The summed E-state index contributed by atoms with van der Waals surface area (Å²) in [5, 5.41) is 9.58. The van der Waals surface area contributed by atoms with Crippen molar-refractivity contribution in [1.82, 2.24) is 4.98 Å². The number of nitrogens with one attached hydrogen (secondary N) is 1. The van der Waals surface area contributed by atoms with E-state index in [1.54, 1.807) is 6.07 Å². The third-order valence-electron chi connectivity index (χ3n) is 2.14. The van der Waals surface area contributed by atoms with Crippen molar-refractivity contribution in [3.63, 3.8) is 0 Å². The number of hydrogen-bond donors (Lipinski definition) is 2. The Morgan fingerprint density at radius 3 is 2.56 bits per heavy atom. The molecule has 0 bridgehead atoms. The molecular formula is C10H5Cl2NO3. The van der Waals surface area contributed by atoms with Crippen molar-refractivity contribution < 1.29 is 9.90 Å². The number of pyridine rings is 1. The minimum absolute atomic E-state index is 0.00570. The predicted molar refractivity (Wildman–Crippen MR) is 61.5 cm³/mol. The topological polar surface area (TPSA) is 70.2 Å². The molecular weight excluding hydrogens is 253 g/mol. The highest BCUT2D eigenvalue weighted by atomic mass is 35.5. The van der Waals surface area contributed by atoms with Gasteiger partial charge in [-0.2, -0.15) is 0 Å². The molecule has 1 aromatic heterocycles. The van der Waals surface area contributed by atoms with Crippen LogP contribution in [-0.4, -0.2) is 16.1 Å². The normalized spacial score (nSPS) is 10.6. The Balaban J connectivity index is 2.98. The molecule has 6 heteroatoms. The Kier molecular flexibility index (Phi) is 2.61. The van der Waals surface area contributed by atoms with Crippen molar-refractivity contribution >= 4 is 40.1 Å². The molecule has 2 rings (SSSR count). The van der Waals surface area contributed by atoms with Crippen LogP contribution in [-0.2, 0) is 0 Å². The third kappa shape index (κ3) is 1.66. The van der Waals surface area contributed by atoms with Crippen LogP contribution in [0.2, 0.25) is 10.0 Å². The molecule has 0 aliphatic rings. The van der Waals surface area contributed by atoms with Crippen molar-refractivity contribution in [1.29, 1.82) is 0 Å². The van der Waals surface area contributed by atoms with E-state index in [4.69, 9.17) is 28.3 Å². The second-order valence-corrected chi connectivity index (χ2v) is 3.95. The van der Waals surface area contributed by atoms with Gasteiger partial charge in [0.1, 0.15) is 10.6 Å². The average Bonchev–Trinajstić information content (AvgIpc) is 2.20. The van der Waals surface area contributed by atoms with Gasteiger partial charge in [0.05, 0.1) is 10.5 Å². The Morgan fingerprint density at radius 2 is 1.94 bits per heavy atom. The first-order chi connectivity index (χ1) is 7.50. The molecule has 2 N–H and O–H groups in total. The van der Waals surface area contributed by atoms with E-state index in [0.717, 1.165) is 0 Å². The number of H-pyrrole nitrogens is 1. The van der Waals surface area contributed by atoms with Gasteiger partial charge in [0, 0.05) is 5.39 Å². The number of carbonyl (C=O) groups is 1. The molecule has 0 unspecified atom stereocenters. The zero-order valence-corrected chi connectivity index (χ0v) is 9.26. The molecule has 16 heavy (non-hydrogen) atoms. The first-order valence-corrected chi connectivity index (χ1v) is 5.00. The monoisotopic (exact) mass is 257 g/mol. The summed E-state index contributed by atoms with van der Waals surface area (Å²) in [4.78, 5) is 24.7. The van der Waals surface area contributed by atoms with E-state index < -0.39 is 11.5 Å². The Labute approximate surface area is 99.4 Å². The van der Waals surface area contributed by atoms with Crippen molar-refractivity contribution in [2.24, 2.45) is 0 Å². The summed E-state index contributed by atoms with van der Waals surface area (Å²) in [7, 11) is 0. The summed E-state index contributed by atoms with van der Waals surface area (Å²) < 4.78 is 0. The number of aromatic nitrogens is 1. The predicted octanol–water partition coefficient (Wildman–Crippen LogP) is 2.53. The molecule has 0 fully saturated rings. The van der Waals surface area contributed by atoms with Crippen LogP contribution >= 0.6 is 23.2 Å². The maximum absolute atomic E-state index is 11.3. The van der Waals surface area contributed by atoms with Gasteiger partial charge in [-0.3, -0.25) is 4.79 Å². The second-order valence-electron chi connectivity index (χ2n) is 3.14. The van der Waals surface area contributed by atoms with Gasteiger partial charge in [-0.15, -0.1) is 0 Å². The first kappa shape index (κ1) is 11.0. The minimum Gasteiger partial charge on any atom is -0.478 e. The fourth-order valence-electron chi connectivity index (χ4n) is 1.43. The number of hydrogen-bond acceptors (Lipinski definition) is 2. The van der Waals surface area contributed by atoms with Gasteiger partial charge < -0.3 is 10.1 Å². The Bertz CT molecular complexity index is 648. The average molecular weight is 258 g/mol. The Hall–Kier alpha value is -1.52. The summed E-state index contributed by atoms with van der Waals surface area (Å²) in [6, 6.07) is 4.44. The smallest absolute Gasteiger partial charge is 0.339 e. The second kappa shape index (κ2) is 3.81. The van der Waals surface area contributed by atoms with Gasteiger partial charge in [0.15, 0.2) is 0 Å². The van der Waals surface area contributed by atoms with Gasteiger partial charge >= 0.3 is 5.97 Å². The van der Waals surface area contributed by atoms with Crippen molar-refractivity contribution in [3.8, 4) is 0 Å². The molecule has 4 nitrogen and oxygen atoms in total. The van der Waals surface area contributed by atoms with Crippen molar-refractivity contribution in [3.05, 3.63) is 44.2 Å². The van der Waals surface area contributed by atoms with Crippen LogP contribution in [0.4, 0.5) is 0 Å². The molecule has 0 atom stereocenters.